The van der Waals surface area contributed by atoms with E-state index >= 15 is 0 Å². The number of carbonyl (C=O) groups is 1. The molecule has 1 N–H and O–H groups in total. The number of amides is 1. The number of benzene rings is 1. The van der Waals surface area contributed by atoms with Crippen LogP contribution in [-0.4, -0.2) is 46.4 Å². The van der Waals surface area contributed by atoms with Gasteiger partial charge in [0.25, 0.3) is 5.91 Å². The molecular formula is C18H18ClN5O. The van der Waals surface area contributed by atoms with Crippen LogP contribution in [0.25, 0.3) is 10.9 Å². The third-order valence-electron chi connectivity index (χ3n) is 4.53. The highest BCUT2D eigenvalue weighted by molar-refractivity contribution is 6.35. The third-order valence-corrected chi connectivity index (χ3v) is 4.85. The Bertz CT molecular complexity index is 948. The van der Waals surface area contributed by atoms with Crippen molar-refractivity contribution < 1.29 is 4.79 Å². The molecule has 1 aliphatic rings. The molecule has 0 spiro atoms. The van der Waals surface area contributed by atoms with E-state index in [1.165, 1.54) is 0 Å². The molecule has 7 heteroatoms. The summed E-state index contributed by atoms with van der Waals surface area (Å²) in [5.41, 5.74) is 3.75. The summed E-state index contributed by atoms with van der Waals surface area (Å²) in [5.74, 6) is 0.538. The van der Waals surface area contributed by atoms with E-state index in [0.29, 0.717) is 29.6 Å². The van der Waals surface area contributed by atoms with Crippen LogP contribution >= 0.6 is 11.6 Å². The van der Waals surface area contributed by atoms with E-state index < -0.39 is 0 Å². The second-order valence-corrected chi connectivity index (χ2v) is 6.79. The van der Waals surface area contributed by atoms with Crippen LogP contribution in [0, 0.1) is 0 Å². The van der Waals surface area contributed by atoms with Gasteiger partial charge in [0.15, 0.2) is 0 Å². The quantitative estimate of drug-likeness (QED) is 0.767. The Balaban J connectivity index is 1.62. The summed E-state index contributed by atoms with van der Waals surface area (Å²) in [6.45, 7) is 1.22. The van der Waals surface area contributed by atoms with E-state index in [4.69, 9.17) is 11.6 Å². The minimum absolute atomic E-state index is 0.0488. The molecule has 0 aliphatic carbocycles. The van der Waals surface area contributed by atoms with Crippen molar-refractivity contribution >= 4 is 34.4 Å². The predicted molar refractivity (Wildman–Crippen MR) is 98.1 cm³/mol. The lowest BCUT2D eigenvalue weighted by Gasteiger charge is -2.27. The standard InChI is InChI=1S/C18H18ClN5O/c1-23(2)18-20-8-11(9-21-18)17(25)24-7-6-15-13(10-24)12-4-3-5-14(19)16(12)22-15/h3-5,8-9,22H,6-7,10H2,1-2H3. The number of H-pyrrole nitrogens is 1. The van der Waals surface area contributed by atoms with E-state index in [2.05, 4.69) is 15.0 Å². The van der Waals surface area contributed by atoms with Gasteiger partial charge < -0.3 is 14.8 Å². The highest BCUT2D eigenvalue weighted by Gasteiger charge is 2.25. The molecule has 1 aromatic carbocycles. The number of halogens is 1. The van der Waals surface area contributed by atoms with Gasteiger partial charge in [-0.3, -0.25) is 4.79 Å². The van der Waals surface area contributed by atoms with Crippen molar-refractivity contribution in [1.82, 2.24) is 19.9 Å². The molecule has 4 rings (SSSR count). The van der Waals surface area contributed by atoms with Crippen LogP contribution in [0.5, 0.6) is 0 Å². The maximum Gasteiger partial charge on any atom is 0.257 e. The summed E-state index contributed by atoms with van der Waals surface area (Å²) >= 11 is 6.28. The molecule has 0 unspecified atom stereocenters. The minimum atomic E-state index is -0.0488. The normalized spacial score (nSPS) is 13.8. The van der Waals surface area contributed by atoms with Gasteiger partial charge >= 0.3 is 0 Å². The van der Waals surface area contributed by atoms with Gasteiger partial charge in [0, 0.05) is 62.6 Å². The lowest BCUT2D eigenvalue weighted by molar-refractivity contribution is 0.0734. The predicted octanol–water partition coefficient (Wildman–Crippen LogP) is 2.88. The average molecular weight is 356 g/mol. The van der Waals surface area contributed by atoms with E-state index in [9.17, 15) is 4.79 Å². The number of nitrogens with zero attached hydrogens (tertiary/aromatic N) is 4. The second kappa shape index (κ2) is 6.04. The molecule has 3 heterocycles. The Labute approximate surface area is 150 Å². The molecule has 1 aliphatic heterocycles. The van der Waals surface area contributed by atoms with Gasteiger partial charge in [0.05, 0.1) is 16.1 Å². The Hall–Kier alpha value is -2.60. The van der Waals surface area contributed by atoms with Crippen LogP contribution in [-0.2, 0) is 13.0 Å². The largest absolute Gasteiger partial charge is 0.357 e. The molecule has 0 fully saturated rings. The first kappa shape index (κ1) is 15.9. The Morgan fingerprint density at radius 1 is 1.28 bits per heavy atom. The van der Waals surface area contributed by atoms with Crippen LogP contribution in [0.3, 0.4) is 0 Å². The van der Waals surface area contributed by atoms with Crippen LogP contribution in [0.15, 0.2) is 30.6 Å². The summed E-state index contributed by atoms with van der Waals surface area (Å²) < 4.78 is 0. The zero-order valence-corrected chi connectivity index (χ0v) is 14.8. The number of rotatable bonds is 2. The monoisotopic (exact) mass is 355 g/mol. The maximum atomic E-state index is 12.8. The molecule has 25 heavy (non-hydrogen) atoms. The van der Waals surface area contributed by atoms with Crippen LogP contribution in [0.1, 0.15) is 21.6 Å². The topological polar surface area (TPSA) is 65.1 Å². The van der Waals surface area contributed by atoms with Crippen molar-refractivity contribution in [2.24, 2.45) is 0 Å². The van der Waals surface area contributed by atoms with Gasteiger partial charge in [0.2, 0.25) is 5.95 Å². The van der Waals surface area contributed by atoms with Crippen LogP contribution < -0.4 is 4.90 Å². The van der Waals surface area contributed by atoms with Gasteiger partial charge in [-0.25, -0.2) is 9.97 Å². The molecule has 0 saturated carbocycles. The number of nitrogens with one attached hydrogen (secondary N) is 1. The summed E-state index contributed by atoms with van der Waals surface area (Å²) in [5, 5.41) is 1.79. The summed E-state index contributed by atoms with van der Waals surface area (Å²) in [7, 11) is 3.73. The Morgan fingerprint density at radius 3 is 2.76 bits per heavy atom. The number of para-hydroxylation sites is 1. The first-order chi connectivity index (χ1) is 12.0. The lowest BCUT2D eigenvalue weighted by atomic mass is 10.0. The number of hydrogen-bond donors (Lipinski definition) is 1. The molecule has 6 nitrogen and oxygen atoms in total. The van der Waals surface area contributed by atoms with Gasteiger partial charge in [-0.05, 0) is 6.07 Å². The molecule has 3 aromatic rings. The highest BCUT2D eigenvalue weighted by Crippen LogP contribution is 2.31. The average Bonchev–Trinajstić information content (AvgIpc) is 3.00. The van der Waals surface area contributed by atoms with Gasteiger partial charge in [-0.1, -0.05) is 23.7 Å². The summed E-state index contributed by atoms with van der Waals surface area (Å²) in [4.78, 5) is 28.3. The molecule has 0 bridgehead atoms. The Kier molecular flexibility index (Phi) is 3.84. The highest BCUT2D eigenvalue weighted by atomic mass is 35.5. The second-order valence-electron chi connectivity index (χ2n) is 6.39. The fourth-order valence-corrected chi connectivity index (χ4v) is 3.44. The zero-order valence-electron chi connectivity index (χ0n) is 14.1. The number of aromatic nitrogens is 3. The first-order valence-corrected chi connectivity index (χ1v) is 8.49. The number of fused-ring (bicyclic) bond motifs is 3. The maximum absolute atomic E-state index is 12.8. The zero-order chi connectivity index (χ0) is 17.6. The molecule has 2 aromatic heterocycles. The fraction of sp³-hybridized carbons (Fsp3) is 0.278. The van der Waals surface area contributed by atoms with Crippen LogP contribution in [0.2, 0.25) is 5.02 Å². The van der Waals surface area contributed by atoms with E-state index in [-0.39, 0.29) is 5.91 Å². The molecule has 0 atom stereocenters. The van der Waals surface area contributed by atoms with Gasteiger partial charge in [-0.2, -0.15) is 0 Å². The van der Waals surface area contributed by atoms with Gasteiger partial charge in [-0.15, -0.1) is 0 Å². The van der Waals surface area contributed by atoms with Crippen LogP contribution in [0.4, 0.5) is 5.95 Å². The molecule has 0 radical (unpaired) electrons. The Morgan fingerprint density at radius 2 is 2.04 bits per heavy atom. The summed E-state index contributed by atoms with van der Waals surface area (Å²) in [6, 6.07) is 5.85. The fourth-order valence-electron chi connectivity index (χ4n) is 3.22. The number of hydrogen-bond acceptors (Lipinski definition) is 4. The SMILES string of the molecule is CN(C)c1ncc(C(=O)N2CCc3[nH]c4c(Cl)cccc4c3C2)cn1. The third kappa shape index (κ3) is 2.72. The van der Waals surface area contributed by atoms with Crippen molar-refractivity contribution in [2.45, 2.75) is 13.0 Å². The van der Waals surface area contributed by atoms with Crippen molar-refractivity contribution in [3.8, 4) is 0 Å². The van der Waals surface area contributed by atoms with E-state index in [1.54, 1.807) is 17.3 Å². The lowest BCUT2D eigenvalue weighted by Crippen LogP contribution is -2.36. The van der Waals surface area contributed by atoms with Crippen molar-refractivity contribution in [3.05, 3.63) is 52.4 Å². The smallest absolute Gasteiger partial charge is 0.257 e. The number of aromatic amines is 1. The molecular weight excluding hydrogens is 338 g/mol. The molecule has 0 saturated heterocycles. The number of anilines is 1. The van der Waals surface area contributed by atoms with Crippen molar-refractivity contribution in [2.75, 3.05) is 25.5 Å². The van der Waals surface area contributed by atoms with E-state index in [0.717, 1.165) is 28.6 Å². The molecule has 1 amide bonds. The van der Waals surface area contributed by atoms with Gasteiger partial charge in [0.1, 0.15) is 0 Å². The van der Waals surface area contributed by atoms with Crippen molar-refractivity contribution in [3.63, 3.8) is 0 Å². The molecule has 128 valence electrons. The first-order valence-electron chi connectivity index (χ1n) is 8.11. The van der Waals surface area contributed by atoms with Crippen molar-refractivity contribution in [1.29, 1.82) is 0 Å². The van der Waals surface area contributed by atoms with E-state index in [1.807, 2.05) is 37.2 Å². The summed E-state index contributed by atoms with van der Waals surface area (Å²) in [6.07, 6.45) is 3.96. The number of carbonyl (C=O) groups excluding carboxylic acids is 1. The minimum Gasteiger partial charge on any atom is -0.357 e.